The van der Waals surface area contributed by atoms with Gasteiger partial charge in [-0.25, -0.2) is 4.98 Å². The van der Waals surface area contributed by atoms with E-state index < -0.39 is 0 Å². The standard InChI is InChI=1S/C20H18N4O4S2/c1-12-4-5-16-22-17(21-6-7-25)14(18(26)23(16)10-12)9-15-19(27)24(20(29)30-15)11-13-3-2-8-28-13/h2-5,8-10,21,25H,6-7,11H2,1H3/b15-9+. The Labute approximate surface area is 181 Å². The van der Waals surface area contributed by atoms with Gasteiger partial charge >= 0.3 is 0 Å². The van der Waals surface area contributed by atoms with Gasteiger partial charge in [-0.15, -0.1) is 0 Å². The zero-order chi connectivity index (χ0) is 21.3. The van der Waals surface area contributed by atoms with Crippen LogP contribution in [0.25, 0.3) is 11.7 Å². The van der Waals surface area contributed by atoms with Crippen molar-refractivity contribution in [2.45, 2.75) is 13.5 Å². The number of nitrogens with zero attached hydrogens (tertiary/aromatic N) is 3. The number of hydrogen-bond acceptors (Lipinski definition) is 8. The molecule has 4 heterocycles. The molecule has 2 N–H and O–H groups in total. The molecule has 0 aromatic carbocycles. The summed E-state index contributed by atoms with van der Waals surface area (Å²) < 4.78 is 7.13. The van der Waals surface area contributed by atoms with E-state index in [0.717, 1.165) is 17.3 Å². The number of rotatable bonds is 6. The number of anilines is 1. The maximum atomic E-state index is 13.2. The van der Waals surface area contributed by atoms with Crippen molar-refractivity contribution in [3.8, 4) is 0 Å². The number of aromatic nitrogens is 2. The minimum Gasteiger partial charge on any atom is -0.467 e. The Hall–Kier alpha value is -2.95. The second-order valence-electron chi connectivity index (χ2n) is 6.61. The lowest BCUT2D eigenvalue weighted by atomic mass is 10.2. The topological polar surface area (TPSA) is 100 Å². The molecule has 8 nitrogen and oxygen atoms in total. The van der Waals surface area contributed by atoms with Crippen LogP contribution in [-0.4, -0.2) is 42.8 Å². The largest absolute Gasteiger partial charge is 0.467 e. The van der Waals surface area contributed by atoms with Gasteiger partial charge < -0.3 is 14.8 Å². The fourth-order valence-corrected chi connectivity index (χ4v) is 4.26. The van der Waals surface area contributed by atoms with Gasteiger partial charge in [0.25, 0.3) is 11.5 Å². The molecular weight excluding hydrogens is 424 g/mol. The van der Waals surface area contributed by atoms with Crippen molar-refractivity contribution < 1.29 is 14.3 Å². The Bertz CT molecular complexity index is 1220. The summed E-state index contributed by atoms with van der Waals surface area (Å²) in [5, 5.41) is 12.1. The van der Waals surface area contributed by atoms with E-state index in [9.17, 15) is 14.7 Å². The molecule has 0 radical (unpaired) electrons. The number of hydrogen-bond donors (Lipinski definition) is 2. The highest BCUT2D eigenvalue weighted by Gasteiger charge is 2.33. The van der Waals surface area contributed by atoms with Crippen LogP contribution in [0.5, 0.6) is 0 Å². The summed E-state index contributed by atoms with van der Waals surface area (Å²) in [4.78, 5) is 32.3. The van der Waals surface area contributed by atoms with Gasteiger partial charge in [-0.2, -0.15) is 0 Å². The van der Waals surface area contributed by atoms with E-state index in [1.807, 2.05) is 13.0 Å². The average molecular weight is 443 g/mol. The van der Waals surface area contributed by atoms with Crippen molar-refractivity contribution in [3.63, 3.8) is 0 Å². The van der Waals surface area contributed by atoms with Crippen molar-refractivity contribution in [3.05, 3.63) is 68.9 Å². The zero-order valence-electron chi connectivity index (χ0n) is 16.0. The minimum atomic E-state index is -0.319. The molecule has 154 valence electrons. The van der Waals surface area contributed by atoms with Crippen molar-refractivity contribution in [2.24, 2.45) is 0 Å². The quantitative estimate of drug-likeness (QED) is 0.443. The SMILES string of the molecule is Cc1ccc2nc(NCCO)c(/C=C3/SC(=S)N(Cc4ccco4)C3=O)c(=O)n2c1. The van der Waals surface area contributed by atoms with Crippen molar-refractivity contribution in [1.29, 1.82) is 0 Å². The van der Waals surface area contributed by atoms with Crippen molar-refractivity contribution in [1.82, 2.24) is 14.3 Å². The Morgan fingerprint density at radius 2 is 2.17 bits per heavy atom. The molecule has 1 amide bonds. The summed E-state index contributed by atoms with van der Waals surface area (Å²) in [6, 6.07) is 7.11. The van der Waals surface area contributed by atoms with E-state index in [2.05, 4.69) is 10.3 Å². The van der Waals surface area contributed by atoms with Gasteiger partial charge in [-0.1, -0.05) is 30.0 Å². The van der Waals surface area contributed by atoms with Gasteiger partial charge in [0, 0.05) is 12.7 Å². The van der Waals surface area contributed by atoms with E-state index in [1.54, 1.807) is 24.4 Å². The maximum Gasteiger partial charge on any atom is 0.267 e. The molecule has 0 bridgehead atoms. The number of aliphatic hydroxyl groups excluding tert-OH is 1. The predicted octanol–water partition coefficient (Wildman–Crippen LogP) is 2.40. The second kappa shape index (κ2) is 8.42. The van der Waals surface area contributed by atoms with Crippen LogP contribution in [0.4, 0.5) is 5.82 Å². The monoisotopic (exact) mass is 442 g/mol. The number of furan rings is 1. The molecule has 3 aromatic rings. The lowest BCUT2D eigenvalue weighted by Crippen LogP contribution is -2.27. The molecule has 1 aliphatic rings. The molecule has 1 fully saturated rings. The highest BCUT2D eigenvalue weighted by atomic mass is 32.2. The van der Waals surface area contributed by atoms with Crippen LogP contribution in [0.15, 0.2) is 50.8 Å². The lowest BCUT2D eigenvalue weighted by Gasteiger charge is -2.12. The fourth-order valence-electron chi connectivity index (χ4n) is 3.02. The first-order valence-corrected chi connectivity index (χ1v) is 10.4. The highest BCUT2D eigenvalue weighted by Crippen LogP contribution is 2.34. The molecular formula is C20H18N4O4S2. The van der Waals surface area contributed by atoms with E-state index in [0.29, 0.717) is 26.5 Å². The number of aryl methyl sites for hydroxylation is 1. The van der Waals surface area contributed by atoms with Gasteiger partial charge in [0.1, 0.15) is 21.5 Å². The number of amides is 1. The summed E-state index contributed by atoms with van der Waals surface area (Å²) in [6.45, 7) is 2.19. The summed E-state index contributed by atoms with van der Waals surface area (Å²) in [5.74, 6) is 0.609. The van der Waals surface area contributed by atoms with Crippen molar-refractivity contribution >= 4 is 51.7 Å². The number of thioether (sulfide) groups is 1. The molecule has 0 atom stereocenters. The third-order valence-corrected chi connectivity index (χ3v) is 5.83. The van der Waals surface area contributed by atoms with Crippen LogP contribution >= 0.6 is 24.0 Å². The molecule has 1 saturated heterocycles. The smallest absolute Gasteiger partial charge is 0.267 e. The third kappa shape index (κ3) is 3.89. The minimum absolute atomic E-state index is 0.125. The Morgan fingerprint density at radius 1 is 1.33 bits per heavy atom. The molecule has 10 heteroatoms. The van der Waals surface area contributed by atoms with E-state index in [-0.39, 0.29) is 36.7 Å². The zero-order valence-corrected chi connectivity index (χ0v) is 17.6. The fraction of sp³-hybridized carbons (Fsp3) is 0.200. The first-order chi connectivity index (χ1) is 14.5. The number of carbonyl (C=O) groups excluding carboxylic acids is 1. The normalized spacial score (nSPS) is 15.5. The Kier molecular flexibility index (Phi) is 5.71. The summed E-state index contributed by atoms with van der Waals surface area (Å²) >= 11 is 6.47. The summed E-state index contributed by atoms with van der Waals surface area (Å²) in [7, 11) is 0. The average Bonchev–Trinajstić information content (AvgIpc) is 3.33. The third-order valence-electron chi connectivity index (χ3n) is 4.45. The van der Waals surface area contributed by atoms with E-state index in [4.69, 9.17) is 16.6 Å². The van der Waals surface area contributed by atoms with Gasteiger partial charge in [0.05, 0.1) is 29.9 Å². The number of pyridine rings is 1. The Morgan fingerprint density at radius 3 is 2.90 bits per heavy atom. The second-order valence-corrected chi connectivity index (χ2v) is 8.29. The molecule has 3 aromatic heterocycles. The summed E-state index contributed by atoms with van der Waals surface area (Å²) in [6.07, 6.45) is 4.73. The highest BCUT2D eigenvalue weighted by molar-refractivity contribution is 8.26. The molecule has 0 unspecified atom stereocenters. The summed E-state index contributed by atoms with van der Waals surface area (Å²) in [5.41, 5.74) is 1.28. The number of thiocarbonyl (C=S) groups is 1. The molecule has 0 aliphatic carbocycles. The number of carbonyl (C=O) groups is 1. The van der Waals surface area contributed by atoms with Gasteiger partial charge in [0.2, 0.25) is 0 Å². The van der Waals surface area contributed by atoms with Crippen molar-refractivity contribution in [2.75, 3.05) is 18.5 Å². The predicted molar refractivity (Wildman–Crippen MR) is 119 cm³/mol. The first kappa shape index (κ1) is 20.3. The first-order valence-electron chi connectivity index (χ1n) is 9.13. The van der Waals surface area contributed by atoms with Gasteiger partial charge in [0.15, 0.2) is 0 Å². The van der Waals surface area contributed by atoms with Crippen LogP contribution in [0.3, 0.4) is 0 Å². The number of aliphatic hydroxyl groups is 1. The molecule has 0 spiro atoms. The molecule has 0 saturated carbocycles. The van der Waals surface area contributed by atoms with Crippen LogP contribution in [-0.2, 0) is 11.3 Å². The Balaban J connectivity index is 1.77. The van der Waals surface area contributed by atoms with Crippen LogP contribution < -0.4 is 10.9 Å². The molecule has 1 aliphatic heterocycles. The maximum absolute atomic E-state index is 13.2. The van der Waals surface area contributed by atoms with Gasteiger partial charge in [-0.05, 0) is 36.8 Å². The van der Waals surface area contributed by atoms with E-state index in [1.165, 1.54) is 21.6 Å². The molecule has 30 heavy (non-hydrogen) atoms. The van der Waals surface area contributed by atoms with Crippen LogP contribution in [0.2, 0.25) is 0 Å². The molecule has 4 rings (SSSR count). The van der Waals surface area contributed by atoms with Gasteiger partial charge in [-0.3, -0.25) is 18.9 Å². The van der Waals surface area contributed by atoms with E-state index >= 15 is 0 Å². The number of nitrogens with one attached hydrogen (secondary N) is 1. The lowest BCUT2D eigenvalue weighted by molar-refractivity contribution is -0.122. The number of fused-ring (bicyclic) bond motifs is 1. The van der Waals surface area contributed by atoms with Crippen LogP contribution in [0.1, 0.15) is 16.9 Å². The van der Waals surface area contributed by atoms with Crippen LogP contribution in [0, 0.1) is 6.92 Å².